The van der Waals surface area contributed by atoms with Gasteiger partial charge in [-0.2, -0.15) is 0 Å². The molecule has 0 aliphatic carbocycles. The highest BCUT2D eigenvalue weighted by Gasteiger charge is 2.06. The Morgan fingerprint density at radius 1 is 0.727 bits per heavy atom. The monoisotopic (exact) mass is 288 g/mol. The molecule has 22 heavy (non-hydrogen) atoms. The summed E-state index contributed by atoms with van der Waals surface area (Å²) >= 11 is 0. The van der Waals surface area contributed by atoms with Crippen molar-refractivity contribution in [2.45, 2.75) is 0 Å². The Morgan fingerprint density at radius 2 is 1.32 bits per heavy atom. The van der Waals surface area contributed by atoms with Gasteiger partial charge in [-0.25, -0.2) is 0 Å². The van der Waals surface area contributed by atoms with Gasteiger partial charge in [0.25, 0.3) is 5.91 Å². The summed E-state index contributed by atoms with van der Waals surface area (Å²) in [7, 11) is 0. The fraction of sp³-hybridized carbons (Fsp3) is 0. The van der Waals surface area contributed by atoms with Crippen molar-refractivity contribution in [2.24, 2.45) is 0 Å². The van der Waals surface area contributed by atoms with Crippen LogP contribution in [-0.2, 0) is 0 Å². The van der Waals surface area contributed by atoms with Crippen LogP contribution in [0.2, 0.25) is 0 Å². The molecule has 3 rings (SSSR count). The third-order valence-electron chi connectivity index (χ3n) is 3.42. The Labute approximate surface area is 129 Å². The minimum Gasteiger partial charge on any atom is -0.399 e. The molecule has 3 aromatic rings. The first-order valence-electron chi connectivity index (χ1n) is 7.05. The van der Waals surface area contributed by atoms with E-state index in [-0.39, 0.29) is 5.91 Å². The normalized spacial score (nSPS) is 10.2. The molecule has 0 saturated heterocycles. The molecule has 0 unspecified atom stereocenters. The zero-order chi connectivity index (χ0) is 15.4. The first-order valence-corrected chi connectivity index (χ1v) is 7.05. The van der Waals surface area contributed by atoms with Gasteiger partial charge in [0.15, 0.2) is 0 Å². The van der Waals surface area contributed by atoms with Gasteiger partial charge in [0.2, 0.25) is 0 Å². The van der Waals surface area contributed by atoms with E-state index < -0.39 is 0 Å². The van der Waals surface area contributed by atoms with Crippen LogP contribution in [0.25, 0.3) is 11.1 Å². The van der Waals surface area contributed by atoms with Crippen LogP contribution in [-0.4, -0.2) is 5.91 Å². The average molecular weight is 288 g/mol. The summed E-state index contributed by atoms with van der Waals surface area (Å²) in [6.45, 7) is 0. The van der Waals surface area contributed by atoms with Crippen LogP contribution in [0.15, 0.2) is 78.9 Å². The average Bonchev–Trinajstić information content (AvgIpc) is 2.58. The predicted molar refractivity (Wildman–Crippen MR) is 90.7 cm³/mol. The van der Waals surface area contributed by atoms with Crippen molar-refractivity contribution in [3.8, 4) is 11.1 Å². The zero-order valence-corrected chi connectivity index (χ0v) is 12.0. The lowest BCUT2D eigenvalue weighted by Gasteiger charge is -2.07. The van der Waals surface area contributed by atoms with Gasteiger partial charge in [0.05, 0.1) is 0 Å². The minimum atomic E-state index is -0.135. The molecule has 1 amide bonds. The number of nitrogens with two attached hydrogens (primary N) is 1. The number of nitrogens with one attached hydrogen (secondary N) is 1. The fourth-order valence-electron chi connectivity index (χ4n) is 2.21. The molecular formula is C19H16N2O. The zero-order valence-electron chi connectivity index (χ0n) is 12.0. The third-order valence-corrected chi connectivity index (χ3v) is 3.42. The SMILES string of the molecule is Nc1ccc(NC(=O)c2ccc(-c3ccccc3)cc2)cc1. The molecule has 0 fully saturated rings. The maximum atomic E-state index is 12.2. The summed E-state index contributed by atoms with van der Waals surface area (Å²) in [5.41, 5.74) is 9.87. The predicted octanol–water partition coefficient (Wildman–Crippen LogP) is 4.19. The van der Waals surface area contributed by atoms with Gasteiger partial charge < -0.3 is 11.1 Å². The molecule has 3 heteroatoms. The molecule has 0 spiro atoms. The van der Waals surface area contributed by atoms with Gasteiger partial charge in [0.1, 0.15) is 0 Å². The molecule has 0 aliphatic rings. The third kappa shape index (κ3) is 3.15. The van der Waals surface area contributed by atoms with Crippen molar-refractivity contribution < 1.29 is 4.79 Å². The van der Waals surface area contributed by atoms with Gasteiger partial charge in [-0.15, -0.1) is 0 Å². The summed E-state index contributed by atoms with van der Waals surface area (Å²) in [6.07, 6.45) is 0. The second-order valence-corrected chi connectivity index (χ2v) is 5.02. The summed E-state index contributed by atoms with van der Waals surface area (Å²) in [6, 6.07) is 24.7. The minimum absolute atomic E-state index is 0.135. The van der Waals surface area contributed by atoms with E-state index in [2.05, 4.69) is 5.32 Å². The number of hydrogen-bond acceptors (Lipinski definition) is 2. The Balaban J connectivity index is 1.75. The summed E-state index contributed by atoms with van der Waals surface area (Å²) < 4.78 is 0. The first kappa shape index (κ1) is 13.9. The Morgan fingerprint density at radius 3 is 1.95 bits per heavy atom. The maximum absolute atomic E-state index is 12.2. The topological polar surface area (TPSA) is 55.1 Å². The van der Waals surface area contributed by atoms with Crippen molar-refractivity contribution in [1.29, 1.82) is 0 Å². The summed E-state index contributed by atoms with van der Waals surface area (Å²) in [5.74, 6) is -0.135. The smallest absolute Gasteiger partial charge is 0.255 e. The highest BCUT2D eigenvalue weighted by molar-refractivity contribution is 6.04. The fourth-order valence-corrected chi connectivity index (χ4v) is 2.21. The number of carbonyl (C=O) groups excluding carboxylic acids is 1. The van der Waals surface area contributed by atoms with Crippen molar-refractivity contribution in [1.82, 2.24) is 0 Å². The molecule has 0 saturated carbocycles. The van der Waals surface area contributed by atoms with E-state index in [0.717, 1.165) is 16.8 Å². The molecule has 0 radical (unpaired) electrons. The highest BCUT2D eigenvalue weighted by Crippen LogP contribution is 2.20. The van der Waals surface area contributed by atoms with Crippen LogP contribution >= 0.6 is 0 Å². The molecule has 0 atom stereocenters. The van der Waals surface area contributed by atoms with Gasteiger partial charge in [-0.05, 0) is 47.5 Å². The van der Waals surface area contributed by atoms with Gasteiger partial charge in [-0.3, -0.25) is 4.79 Å². The molecule has 0 heterocycles. The summed E-state index contributed by atoms with van der Waals surface area (Å²) in [5, 5.41) is 2.85. The van der Waals surface area contributed by atoms with E-state index in [9.17, 15) is 4.79 Å². The molecule has 0 aromatic heterocycles. The van der Waals surface area contributed by atoms with Gasteiger partial charge in [-0.1, -0.05) is 42.5 Å². The number of nitrogen functional groups attached to an aromatic ring is 1. The number of benzene rings is 3. The Kier molecular flexibility index (Phi) is 3.88. The second-order valence-electron chi connectivity index (χ2n) is 5.02. The van der Waals surface area contributed by atoms with Crippen molar-refractivity contribution in [3.05, 3.63) is 84.4 Å². The van der Waals surface area contributed by atoms with Crippen LogP contribution in [0.1, 0.15) is 10.4 Å². The van der Waals surface area contributed by atoms with E-state index in [0.29, 0.717) is 11.3 Å². The van der Waals surface area contributed by atoms with Crippen LogP contribution in [0.5, 0.6) is 0 Å². The van der Waals surface area contributed by atoms with Crippen LogP contribution in [0, 0.1) is 0 Å². The lowest BCUT2D eigenvalue weighted by atomic mass is 10.0. The molecular weight excluding hydrogens is 272 g/mol. The van der Waals surface area contributed by atoms with Gasteiger partial charge in [0, 0.05) is 16.9 Å². The van der Waals surface area contributed by atoms with Crippen LogP contribution in [0.3, 0.4) is 0 Å². The quantitative estimate of drug-likeness (QED) is 0.710. The largest absolute Gasteiger partial charge is 0.399 e. The number of amides is 1. The molecule has 3 N–H and O–H groups in total. The number of rotatable bonds is 3. The Bertz CT molecular complexity index is 763. The van der Waals surface area contributed by atoms with E-state index in [4.69, 9.17) is 5.73 Å². The first-order chi connectivity index (χ1) is 10.7. The van der Waals surface area contributed by atoms with Crippen molar-refractivity contribution in [3.63, 3.8) is 0 Å². The van der Waals surface area contributed by atoms with Crippen LogP contribution < -0.4 is 11.1 Å². The van der Waals surface area contributed by atoms with E-state index >= 15 is 0 Å². The van der Waals surface area contributed by atoms with E-state index in [1.807, 2.05) is 54.6 Å². The number of anilines is 2. The molecule has 0 bridgehead atoms. The molecule has 108 valence electrons. The molecule has 3 nitrogen and oxygen atoms in total. The lowest BCUT2D eigenvalue weighted by molar-refractivity contribution is 0.102. The Hall–Kier alpha value is -3.07. The standard InChI is InChI=1S/C19H16N2O/c20-17-10-12-18(13-11-17)21-19(22)16-8-6-15(7-9-16)14-4-2-1-3-5-14/h1-13H,20H2,(H,21,22). The number of carbonyl (C=O) groups is 1. The molecule has 3 aromatic carbocycles. The van der Waals surface area contributed by atoms with E-state index in [1.165, 1.54) is 0 Å². The summed E-state index contributed by atoms with van der Waals surface area (Å²) in [4.78, 5) is 12.2. The lowest BCUT2D eigenvalue weighted by Crippen LogP contribution is -2.11. The van der Waals surface area contributed by atoms with Crippen molar-refractivity contribution >= 4 is 17.3 Å². The van der Waals surface area contributed by atoms with Crippen molar-refractivity contribution in [2.75, 3.05) is 11.1 Å². The van der Waals surface area contributed by atoms with E-state index in [1.54, 1.807) is 24.3 Å². The molecule has 0 aliphatic heterocycles. The van der Waals surface area contributed by atoms with Crippen LogP contribution in [0.4, 0.5) is 11.4 Å². The second kappa shape index (κ2) is 6.14. The van der Waals surface area contributed by atoms with Gasteiger partial charge >= 0.3 is 0 Å². The number of hydrogen-bond donors (Lipinski definition) is 2. The highest BCUT2D eigenvalue weighted by atomic mass is 16.1. The maximum Gasteiger partial charge on any atom is 0.255 e.